The fraction of sp³-hybridized carbons (Fsp3) is 0. The molecule has 19 heavy (non-hydrogen) atoms. The van der Waals surface area contributed by atoms with Gasteiger partial charge in [0.05, 0.1) is 0 Å². The lowest BCUT2D eigenvalue weighted by Gasteiger charge is -2.03. The van der Waals surface area contributed by atoms with E-state index in [4.69, 9.17) is 5.73 Å². The highest BCUT2D eigenvalue weighted by atomic mass is 16.2. The minimum Gasteiger partial charge on any atom is -0.383 e. The number of carbonyl (C=O) groups is 3. The van der Waals surface area contributed by atoms with E-state index in [0.717, 1.165) is 4.68 Å². The Morgan fingerprint density at radius 1 is 1.16 bits per heavy atom. The van der Waals surface area contributed by atoms with Gasteiger partial charge >= 0.3 is 0 Å². The van der Waals surface area contributed by atoms with Gasteiger partial charge in [-0.15, -0.1) is 0 Å². The van der Waals surface area contributed by atoms with Crippen molar-refractivity contribution in [3.8, 4) is 0 Å². The number of nitrogens with two attached hydrogens (primary N) is 1. The molecule has 0 fully saturated rings. The highest BCUT2D eigenvalue weighted by Gasteiger charge is 2.35. The number of imide groups is 1. The average molecular weight is 256 g/mol. The maximum Gasteiger partial charge on any atom is 0.280 e. The lowest BCUT2D eigenvalue weighted by atomic mass is 10.2. The fourth-order valence-electron chi connectivity index (χ4n) is 1.90. The Kier molecular flexibility index (Phi) is 2.21. The molecule has 0 saturated heterocycles. The lowest BCUT2D eigenvalue weighted by Crippen LogP contribution is -2.25. The third-order valence-electron chi connectivity index (χ3n) is 2.80. The van der Waals surface area contributed by atoms with E-state index in [1.807, 2.05) is 0 Å². The van der Waals surface area contributed by atoms with Crippen LogP contribution in [-0.2, 0) is 0 Å². The number of hydrogen-bond acceptors (Lipinski definition) is 5. The van der Waals surface area contributed by atoms with E-state index in [9.17, 15) is 14.4 Å². The van der Waals surface area contributed by atoms with Crippen molar-refractivity contribution >= 4 is 23.5 Å². The maximum atomic E-state index is 12.2. The van der Waals surface area contributed by atoms with E-state index in [0.29, 0.717) is 5.56 Å². The number of amides is 2. The molecule has 1 aliphatic rings. The molecule has 1 aliphatic heterocycles. The molecule has 3 rings (SSSR count). The fourth-order valence-corrected chi connectivity index (χ4v) is 1.90. The van der Waals surface area contributed by atoms with Crippen molar-refractivity contribution in [3.63, 3.8) is 0 Å². The van der Waals surface area contributed by atoms with Gasteiger partial charge in [0.25, 0.3) is 17.7 Å². The summed E-state index contributed by atoms with van der Waals surface area (Å²) in [5, 5.41) is 5.87. The summed E-state index contributed by atoms with van der Waals surface area (Å²) in [6.07, 6.45) is 0. The first-order valence-corrected chi connectivity index (χ1v) is 5.43. The monoisotopic (exact) mass is 256 g/mol. The summed E-state index contributed by atoms with van der Waals surface area (Å²) in [5.74, 6) is -1.91. The van der Waals surface area contributed by atoms with Gasteiger partial charge in [-0.2, -0.15) is 9.78 Å². The second kappa shape index (κ2) is 3.77. The van der Waals surface area contributed by atoms with Crippen LogP contribution >= 0.6 is 0 Å². The molecule has 0 unspecified atom stereocenters. The minimum atomic E-state index is -0.647. The predicted octanol–water partition coefficient (Wildman–Crippen LogP) is 0.0374. The van der Waals surface area contributed by atoms with Gasteiger partial charge in [0.2, 0.25) is 0 Å². The Bertz CT molecular complexity index is 718. The molecule has 0 atom stereocenters. The summed E-state index contributed by atoms with van der Waals surface area (Å²) in [4.78, 5) is 35.1. The summed E-state index contributed by atoms with van der Waals surface area (Å²) in [6.45, 7) is 0. The quantitative estimate of drug-likeness (QED) is 0.700. The van der Waals surface area contributed by atoms with Gasteiger partial charge in [0.1, 0.15) is 11.4 Å². The number of nitrogens with zero attached hydrogens (tertiary/aromatic N) is 2. The topological polar surface area (TPSA) is 107 Å². The number of benzene rings is 1. The lowest BCUT2D eigenvalue weighted by molar-refractivity contribution is 0.0876. The molecule has 2 aromatic rings. The number of fused-ring (bicyclic) bond motifs is 1. The number of hydrogen-bond donors (Lipinski definition) is 2. The number of aromatic nitrogens is 2. The van der Waals surface area contributed by atoms with Crippen LogP contribution in [0, 0.1) is 0 Å². The molecule has 0 spiro atoms. The van der Waals surface area contributed by atoms with Gasteiger partial charge in [-0.1, -0.05) is 18.2 Å². The molecule has 1 aromatic carbocycles. The standard InChI is InChI=1S/C12H8N4O3/c13-9-7-8(11(18)14-10(7)17)15-16(9)12(19)6-4-2-1-3-5-6/h1-5H,13H2,(H,14,17,18). The van der Waals surface area contributed by atoms with Crippen LogP contribution < -0.4 is 11.1 Å². The first-order valence-electron chi connectivity index (χ1n) is 5.43. The molecule has 0 bridgehead atoms. The largest absolute Gasteiger partial charge is 0.383 e. The third kappa shape index (κ3) is 1.52. The van der Waals surface area contributed by atoms with Crippen LogP contribution in [0.4, 0.5) is 5.82 Å². The molecule has 2 heterocycles. The SMILES string of the molecule is Nc1c2c(nn1C(=O)c1ccccc1)C(=O)NC2=O. The van der Waals surface area contributed by atoms with Gasteiger partial charge < -0.3 is 5.73 Å². The highest BCUT2D eigenvalue weighted by molar-refractivity contribution is 6.23. The first kappa shape index (κ1) is 11.1. The zero-order valence-corrected chi connectivity index (χ0v) is 9.58. The molecule has 0 saturated carbocycles. The van der Waals surface area contributed by atoms with Crippen LogP contribution in [-0.4, -0.2) is 27.5 Å². The third-order valence-corrected chi connectivity index (χ3v) is 2.80. The zero-order chi connectivity index (χ0) is 13.6. The highest BCUT2D eigenvalue weighted by Crippen LogP contribution is 2.22. The summed E-state index contributed by atoms with van der Waals surface area (Å²) < 4.78 is 0.872. The molecule has 94 valence electrons. The summed E-state index contributed by atoms with van der Waals surface area (Å²) in [5.41, 5.74) is 5.91. The second-order valence-electron chi connectivity index (χ2n) is 3.98. The summed E-state index contributed by atoms with van der Waals surface area (Å²) >= 11 is 0. The number of nitrogen functional groups attached to an aromatic ring is 1. The van der Waals surface area contributed by atoms with Crippen molar-refractivity contribution in [1.82, 2.24) is 15.1 Å². The van der Waals surface area contributed by atoms with Crippen LogP contribution in [0.25, 0.3) is 0 Å². The first-order chi connectivity index (χ1) is 9.09. The minimum absolute atomic E-state index is 0.0470. The molecule has 0 radical (unpaired) electrons. The van der Waals surface area contributed by atoms with Crippen molar-refractivity contribution < 1.29 is 14.4 Å². The predicted molar refractivity (Wildman–Crippen MR) is 64.6 cm³/mol. The van der Waals surface area contributed by atoms with Crippen molar-refractivity contribution in [1.29, 1.82) is 0 Å². The van der Waals surface area contributed by atoms with Gasteiger partial charge in [-0.3, -0.25) is 19.7 Å². The normalized spacial score (nSPS) is 13.3. The number of carbonyl (C=O) groups excluding carboxylic acids is 3. The van der Waals surface area contributed by atoms with Crippen molar-refractivity contribution in [2.24, 2.45) is 0 Å². The zero-order valence-electron chi connectivity index (χ0n) is 9.58. The van der Waals surface area contributed by atoms with Gasteiger partial charge in [0, 0.05) is 5.56 Å². The van der Waals surface area contributed by atoms with Crippen molar-refractivity contribution in [2.45, 2.75) is 0 Å². The Morgan fingerprint density at radius 2 is 1.84 bits per heavy atom. The Labute approximate surface area is 107 Å². The van der Waals surface area contributed by atoms with Crippen LogP contribution in [0.15, 0.2) is 30.3 Å². The molecule has 2 amide bonds. The van der Waals surface area contributed by atoms with E-state index in [2.05, 4.69) is 10.4 Å². The number of rotatable bonds is 1. The summed E-state index contributed by atoms with van der Waals surface area (Å²) in [6, 6.07) is 8.34. The van der Waals surface area contributed by atoms with Gasteiger partial charge in [-0.05, 0) is 12.1 Å². The van der Waals surface area contributed by atoms with E-state index >= 15 is 0 Å². The Balaban J connectivity index is 2.12. The van der Waals surface area contributed by atoms with E-state index < -0.39 is 17.7 Å². The summed E-state index contributed by atoms with van der Waals surface area (Å²) in [7, 11) is 0. The number of anilines is 1. The van der Waals surface area contributed by atoms with Crippen molar-refractivity contribution in [2.75, 3.05) is 5.73 Å². The molecular weight excluding hydrogens is 248 g/mol. The van der Waals surface area contributed by atoms with Gasteiger partial charge in [-0.25, -0.2) is 0 Å². The van der Waals surface area contributed by atoms with E-state index in [1.54, 1.807) is 30.3 Å². The molecule has 0 aliphatic carbocycles. The molecule has 7 nitrogen and oxygen atoms in total. The maximum absolute atomic E-state index is 12.2. The second-order valence-corrected chi connectivity index (χ2v) is 3.98. The van der Waals surface area contributed by atoms with E-state index in [1.165, 1.54) is 0 Å². The molecule has 1 aromatic heterocycles. The Hall–Kier alpha value is -2.96. The van der Waals surface area contributed by atoms with Gasteiger partial charge in [0.15, 0.2) is 5.69 Å². The molecule has 7 heteroatoms. The van der Waals surface area contributed by atoms with Crippen molar-refractivity contribution in [3.05, 3.63) is 47.2 Å². The van der Waals surface area contributed by atoms with Crippen LogP contribution in [0.3, 0.4) is 0 Å². The number of nitrogens with one attached hydrogen (secondary N) is 1. The van der Waals surface area contributed by atoms with Crippen LogP contribution in [0.2, 0.25) is 0 Å². The molecule has 3 N–H and O–H groups in total. The molecular formula is C12H8N4O3. The smallest absolute Gasteiger partial charge is 0.280 e. The van der Waals surface area contributed by atoms with Crippen LogP contribution in [0.1, 0.15) is 31.2 Å². The average Bonchev–Trinajstić information content (AvgIpc) is 2.89. The van der Waals surface area contributed by atoms with Crippen LogP contribution in [0.5, 0.6) is 0 Å². The Morgan fingerprint density at radius 3 is 2.47 bits per heavy atom. The van der Waals surface area contributed by atoms with E-state index in [-0.39, 0.29) is 17.1 Å².